The Morgan fingerprint density at radius 3 is 2.91 bits per heavy atom. The van der Waals surface area contributed by atoms with Crippen LogP contribution in [0, 0.1) is 5.92 Å². The van der Waals surface area contributed by atoms with Crippen molar-refractivity contribution < 1.29 is 9.59 Å². The fraction of sp³-hybridized carbons (Fsp3) is 0.778. The normalized spacial score (nSPS) is 24.0. The third kappa shape index (κ3) is 2.83. The molecule has 0 heterocycles. The number of hydrogen-bond donors (Lipinski definition) is 0. The highest BCUT2D eigenvalue weighted by molar-refractivity contribution is 5.80. The molecular weight excluding hydrogens is 140 g/mol. The lowest BCUT2D eigenvalue weighted by molar-refractivity contribution is -0.117. The maximum atomic E-state index is 10.8. The van der Waals surface area contributed by atoms with E-state index in [1.165, 1.54) is 0 Å². The Morgan fingerprint density at radius 2 is 2.36 bits per heavy atom. The van der Waals surface area contributed by atoms with Gasteiger partial charge in [0.15, 0.2) is 0 Å². The molecule has 0 amide bonds. The van der Waals surface area contributed by atoms with E-state index in [1.807, 2.05) is 0 Å². The molecule has 0 aliphatic heterocycles. The molecule has 0 spiro atoms. The average molecular weight is 154 g/mol. The van der Waals surface area contributed by atoms with Crippen molar-refractivity contribution in [3.05, 3.63) is 0 Å². The van der Waals surface area contributed by atoms with E-state index in [0.29, 0.717) is 18.1 Å². The molecule has 0 aromatic carbocycles. The summed E-state index contributed by atoms with van der Waals surface area (Å²) in [5, 5.41) is 0. The number of carbonyl (C=O) groups excluding carboxylic acids is 2. The molecule has 0 radical (unpaired) electrons. The number of carbonyl (C=O) groups is 2. The van der Waals surface area contributed by atoms with Gasteiger partial charge in [-0.15, -0.1) is 0 Å². The Kier molecular flexibility index (Phi) is 3.27. The predicted molar refractivity (Wildman–Crippen MR) is 42.3 cm³/mol. The molecule has 0 saturated heterocycles. The van der Waals surface area contributed by atoms with Crippen LogP contribution in [-0.2, 0) is 9.59 Å². The summed E-state index contributed by atoms with van der Waals surface area (Å²) < 4.78 is 0. The lowest BCUT2D eigenvalue weighted by Gasteiger charge is -2.04. The first kappa shape index (κ1) is 8.44. The molecule has 0 aromatic rings. The third-order valence-corrected chi connectivity index (χ3v) is 2.28. The highest BCUT2D eigenvalue weighted by atomic mass is 16.1. The number of rotatable bonds is 4. The van der Waals surface area contributed by atoms with Gasteiger partial charge in [-0.2, -0.15) is 0 Å². The SMILES string of the molecule is O=CCCCC1CCC(=O)C1. The van der Waals surface area contributed by atoms with Gasteiger partial charge in [-0.25, -0.2) is 0 Å². The van der Waals surface area contributed by atoms with E-state index in [4.69, 9.17) is 0 Å². The molecule has 1 fully saturated rings. The van der Waals surface area contributed by atoms with Gasteiger partial charge in [-0.1, -0.05) is 0 Å². The topological polar surface area (TPSA) is 34.1 Å². The van der Waals surface area contributed by atoms with Gasteiger partial charge in [0.25, 0.3) is 0 Å². The first-order valence-electron chi connectivity index (χ1n) is 4.28. The summed E-state index contributed by atoms with van der Waals surface area (Å²) in [7, 11) is 0. The van der Waals surface area contributed by atoms with E-state index in [2.05, 4.69) is 0 Å². The molecule has 1 saturated carbocycles. The van der Waals surface area contributed by atoms with Gasteiger partial charge in [-0.05, 0) is 25.2 Å². The monoisotopic (exact) mass is 154 g/mol. The summed E-state index contributed by atoms with van der Waals surface area (Å²) in [5.41, 5.74) is 0. The van der Waals surface area contributed by atoms with Crippen molar-refractivity contribution in [3.8, 4) is 0 Å². The van der Waals surface area contributed by atoms with Crippen LogP contribution in [0.25, 0.3) is 0 Å². The molecule has 62 valence electrons. The van der Waals surface area contributed by atoms with E-state index < -0.39 is 0 Å². The molecule has 0 aromatic heterocycles. The zero-order valence-corrected chi connectivity index (χ0v) is 6.71. The van der Waals surface area contributed by atoms with Gasteiger partial charge < -0.3 is 4.79 Å². The quantitative estimate of drug-likeness (QED) is 0.456. The smallest absolute Gasteiger partial charge is 0.133 e. The largest absolute Gasteiger partial charge is 0.303 e. The fourth-order valence-corrected chi connectivity index (χ4v) is 1.63. The van der Waals surface area contributed by atoms with Gasteiger partial charge in [-0.3, -0.25) is 4.79 Å². The second-order valence-corrected chi connectivity index (χ2v) is 3.25. The van der Waals surface area contributed by atoms with Crippen molar-refractivity contribution in [1.29, 1.82) is 0 Å². The summed E-state index contributed by atoms with van der Waals surface area (Å²) in [5.74, 6) is 0.989. The van der Waals surface area contributed by atoms with Crippen LogP contribution in [0.15, 0.2) is 0 Å². The van der Waals surface area contributed by atoms with Crippen LogP contribution in [0.5, 0.6) is 0 Å². The Hall–Kier alpha value is -0.660. The van der Waals surface area contributed by atoms with E-state index in [-0.39, 0.29) is 0 Å². The summed E-state index contributed by atoms with van der Waals surface area (Å²) in [6.45, 7) is 0. The van der Waals surface area contributed by atoms with Crippen molar-refractivity contribution in [2.75, 3.05) is 0 Å². The molecular formula is C9H14O2. The predicted octanol–water partition coefficient (Wildman–Crippen LogP) is 1.72. The Labute approximate surface area is 67.0 Å². The minimum Gasteiger partial charge on any atom is -0.303 e. The van der Waals surface area contributed by atoms with Crippen molar-refractivity contribution >= 4 is 12.1 Å². The van der Waals surface area contributed by atoms with E-state index in [9.17, 15) is 9.59 Å². The number of Topliss-reactive ketones (excluding diaryl/α,β-unsaturated/α-hetero) is 1. The summed E-state index contributed by atoms with van der Waals surface area (Å²) in [6.07, 6.45) is 6.22. The van der Waals surface area contributed by atoms with Crippen LogP contribution in [0.1, 0.15) is 38.5 Å². The third-order valence-electron chi connectivity index (χ3n) is 2.28. The molecule has 2 heteroatoms. The fourth-order valence-electron chi connectivity index (χ4n) is 1.63. The Bertz CT molecular complexity index is 152. The van der Waals surface area contributed by atoms with Gasteiger partial charge in [0, 0.05) is 19.3 Å². The Balaban J connectivity index is 2.08. The van der Waals surface area contributed by atoms with Gasteiger partial charge in [0.05, 0.1) is 0 Å². The van der Waals surface area contributed by atoms with E-state index in [1.54, 1.807) is 0 Å². The molecule has 1 aliphatic rings. The van der Waals surface area contributed by atoms with Crippen LogP contribution < -0.4 is 0 Å². The molecule has 1 atom stereocenters. The van der Waals surface area contributed by atoms with Crippen LogP contribution in [0.2, 0.25) is 0 Å². The molecule has 0 N–H and O–H groups in total. The summed E-state index contributed by atoms with van der Waals surface area (Å²) in [4.78, 5) is 20.8. The molecule has 0 bridgehead atoms. The molecule has 1 unspecified atom stereocenters. The second kappa shape index (κ2) is 4.27. The van der Waals surface area contributed by atoms with Crippen LogP contribution >= 0.6 is 0 Å². The lowest BCUT2D eigenvalue weighted by Crippen LogP contribution is -1.95. The number of unbranched alkanes of at least 4 members (excludes halogenated alkanes) is 1. The molecule has 1 aliphatic carbocycles. The van der Waals surface area contributed by atoms with Crippen molar-refractivity contribution in [1.82, 2.24) is 0 Å². The molecule has 11 heavy (non-hydrogen) atoms. The number of hydrogen-bond acceptors (Lipinski definition) is 2. The second-order valence-electron chi connectivity index (χ2n) is 3.25. The van der Waals surface area contributed by atoms with Crippen LogP contribution in [0.3, 0.4) is 0 Å². The van der Waals surface area contributed by atoms with E-state index >= 15 is 0 Å². The average Bonchev–Trinajstić information content (AvgIpc) is 2.37. The van der Waals surface area contributed by atoms with Gasteiger partial charge >= 0.3 is 0 Å². The minimum absolute atomic E-state index is 0.404. The van der Waals surface area contributed by atoms with E-state index in [0.717, 1.165) is 38.4 Å². The Morgan fingerprint density at radius 1 is 1.55 bits per heavy atom. The minimum atomic E-state index is 0.404. The zero-order valence-electron chi connectivity index (χ0n) is 6.71. The number of ketones is 1. The van der Waals surface area contributed by atoms with Gasteiger partial charge in [0.2, 0.25) is 0 Å². The first-order valence-corrected chi connectivity index (χ1v) is 4.28. The maximum Gasteiger partial charge on any atom is 0.133 e. The zero-order chi connectivity index (χ0) is 8.10. The van der Waals surface area contributed by atoms with Gasteiger partial charge in [0.1, 0.15) is 12.1 Å². The maximum absolute atomic E-state index is 10.8. The highest BCUT2D eigenvalue weighted by Gasteiger charge is 2.20. The standard InChI is InChI=1S/C9H14O2/c10-6-2-1-3-8-4-5-9(11)7-8/h6,8H,1-5,7H2. The van der Waals surface area contributed by atoms with Crippen LogP contribution in [-0.4, -0.2) is 12.1 Å². The molecule has 1 rings (SSSR count). The van der Waals surface area contributed by atoms with Crippen molar-refractivity contribution in [3.63, 3.8) is 0 Å². The summed E-state index contributed by atoms with van der Waals surface area (Å²) >= 11 is 0. The number of aldehydes is 1. The molecule has 2 nitrogen and oxygen atoms in total. The summed E-state index contributed by atoms with van der Waals surface area (Å²) in [6, 6.07) is 0. The van der Waals surface area contributed by atoms with Crippen molar-refractivity contribution in [2.45, 2.75) is 38.5 Å². The lowest BCUT2D eigenvalue weighted by atomic mass is 10.0. The highest BCUT2D eigenvalue weighted by Crippen LogP contribution is 2.26. The van der Waals surface area contributed by atoms with Crippen LogP contribution in [0.4, 0.5) is 0 Å². The first-order chi connectivity index (χ1) is 5.33. The van der Waals surface area contributed by atoms with Crippen molar-refractivity contribution in [2.24, 2.45) is 5.92 Å².